The average Bonchev–Trinajstić information content (AvgIpc) is 2.77. The normalized spacial score (nSPS) is 11.2. The fourth-order valence-corrected chi connectivity index (χ4v) is 2.50. The Morgan fingerprint density at radius 1 is 0.818 bits per heavy atom. The van der Waals surface area contributed by atoms with Crippen LogP contribution >= 0.6 is 0 Å². The standard InChI is InChI=1S/C24H40N2O7/c1-24(2,3)33-23(28)26-12-8-14-30-16-18-31-17-15-29-13-7-11-25-19-22(27)32-20-21-9-5-4-6-10-21/h4-6,9-10,25H,7-8,11-20H2,1-3H3,(H,26,28). The highest BCUT2D eigenvalue weighted by Gasteiger charge is 2.15. The molecule has 0 heterocycles. The van der Waals surface area contributed by atoms with E-state index < -0.39 is 11.7 Å². The third-order valence-corrected chi connectivity index (χ3v) is 4.03. The second-order valence-electron chi connectivity index (χ2n) is 8.30. The maximum atomic E-state index is 11.7. The summed E-state index contributed by atoms with van der Waals surface area (Å²) >= 11 is 0. The van der Waals surface area contributed by atoms with E-state index >= 15 is 0 Å². The summed E-state index contributed by atoms with van der Waals surface area (Å²) in [6, 6.07) is 9.59. The molecule has 9 nitrogen and oxygen atoms in total. The first kappa shape index (κ1) is 28.8. The van der Waals surface area contributed by atoms with Crippen LogP contribution in [-0.4, -0.2) is 76.9 Å². The molecular weight excluding hydrogens is 428 g/mol. The monoisotopic (exact) mass is 468 g/mol. The number of hydrogen-bond acceptors (Lipinski definition) is 8. The topological polar surface area (TPSA) is 104 Å². The zero-order valence-electron chi connectivity index (χ0n) is 20.2. The van der Waals surface area contributed by atoms with E-state index in [-0.39, 0.29) is 12.5 Å². The molecule has 0 radical (unpaired) electrons. The Morgan fingerprint density at radius 2 is 1.39 bits per heavy atom. The van der Waals surface area contributed by atoms with Crippen LogP contribution in [0.3, 0.4) is 0 Å². The van der Waals surface area contributed by atoms with Gasteiger partial charge >= 0.3 is 12.1 Å². The molecule has 0 aliphatic rings. The van der Waals surface area contributed by atoms with Crippen molar-refractivity contribution in [2.45, 2.75) is 45.8 Å². The number of amides is 1. The maximum Gasteiger partial charge on any atom is 0.407 e. The van der Waals surface area contributed by atoms with Crippen LogP contribution in [0.1, 0.15) is 39.2 Å². The molecule has 2 N–H and O–H groups in total. The van der Waals surface area contributed by atoms with Crippen molar-refractivity contribution >= 4 is 12.1 Å². The molecule has 1 aromatic carbocycles. The van der Waals surface area contributed by atoms with Gasteiger partial charge in [-0.1, -0.05) is 30.3 Å². The molecule has 0 fully saturated rings. The Labute approximate surface area is 197 Å². The summed E-state index contributed by atoms with van der Waals surface area (Å²) in [7, 11) is 0. The van der Waals surface area contributed by atoms with Crippen LogP contribution in [0.5, 0.6) is 0 Å². The van der Waals surface area contributed by atoms with Crippen molar-refractivity contribution in [2.75, 3.05) is 59.3 Å². The molecule has 0 saturated heterocycles. The van der Waals surface area contributed by atoms with Crippen molar-refractivity contribution in [1.29, 1.82) is 0 Å². The van der Waals surface area contributed by atoms with Crippen molar-refractivity contribution in [3.05, 3.63) is 35.9 Å². The van der Waals surface area contributed by atoms with E-state index in [1.807, 2.05) is 51.1 Å². The molecule has 1 rings (SSSR count). The third kappa shape index (κ3) is 19.0. The smallest absolute Gasteiger partial charge is 0.407 e. The zero-order valence-corrected chi connectivity index (χ0v) is 20.2. The summed E-state index contributed by atoms with van der Waals surface area (Å²) in [5.74, 6) is -0.269. The molecule has 0 aliphatic heterocycles. The van der Waals surface area contributed by atoms with Gasteiger partial charge in [-0.05, 0) is 45.7 Å². The number of hydrogen-bond donors (Lipinski definition) is 2. The van der Waals surface area contributed by atoms with E-state index in [2.05, 4.69) is 10.6 Å². The number of carbonyl (C=O) groups excluding carboxylic acids is 2. The molecule has 0 unspecified atom stereocenters. The largest absolute Gasteiger partial charge is 0.460 e. The van der Waals surface area contributed by atoms with Crippen molar-refractivity contribution in [2.24, 2.45) is 0 Å². The van der Waals surface area contributed by atoms with Gasteiger partial charge in [-0.15, -0.1) is 0 Å². The first-order chi connectivity index (χ1) is 15.9. The fourth-order valence-electron chi connectivity index (χ4n) is 2.50. The number of nitrogens with one attached hydrogen (secondary N) is 2. The van der Waals surface area contributed by atoms with E-state index in [0.29, 0.717) is 65.8 Å². The summed E-state index contributed by atoms with van der Waals surface area (Å²) in [6.07, 6.45) is 1.09. The number of benzene rings is 1. The van der Waals surface area contributed by atoms with Crippen LogP contribution in [0, 0.1) is 0 Å². The second kappa shape index (κ2) is 18.3. The van der Waals surface area contributed by atoms with Crippen LogP contribution in [0.2, 0.25) is 0 Å². The molecule has 1 amide bonds. The molecule has 0 bridgehead atoms. The van der Waals surface area contributed by atoms with Gasteiger partial charge in [0.05, 0.1) is 33.0 Å². The van der Waals surface area contributed by atoms with Gasteiger partial charge in [0.1, 0.15) is 12.2 Å². The first-order valence-electron chi connectivity index (χ1n) is 11.5. The van der Waals surface area contributed by atoms with Crippen molar-refractivity contribution < 1.29 is 33.3 Å². The Morgan fingerprint density at radius 3 is 2.00 bits per heavy atom. The minimum Gasteiger partial charge on any atom is -0.460 e. The van der Waals surface area contributed by atoms with E-state index in [1.165, 1.54) is 0 Å². The molecule has 0 aromatic heterocycles. The molecule has 33 heavy (non-hydrogen) atoms. The Hall–Kier alpha value is -2.20. The highest BCUT2D eigenvalue weighted by atomic mass is 16.6. The van der Waals surface area contributed by atoms with E-state index in [0.717, 1.165) is 12.0 Å². The van der Waals surface area contributed by atoms with Crippen LogP contribution in [0.15, 0.2) is 30.3 Å². The SMILES string of the molecule is CC(C)(C)OC(=O)NCCCOCCOCCOCCCNCC(=O)OCc1ccccc1. The lowest BCUT2D eigenvalue weighted by Crippen LogP contribution is -2.33. The van der Waals surface area contributed by atoms with Crippen LogP contribution in [0.4, 0.5) is 4.79 Å². The molecule has 9 heteroatoms. The second-order valence-corrected chi connectivity index (χ2v) is 8.30. The van der Waals surface area contributed by atoms with Gasteiger partial charge in [0.2, 0.25) is 0 Å². The van der Waals surface area contributed by atoms with Crippen molar-refractivity contribution in [1.82, 2.24) is 10.6 Å². The van der Waals surface area contributed by atoms with Gasteiger partial charge in [-0.25, -0.2) is 4.79 Å². The number of carbonyl (C=O) groups is 2. The summed E-state index contributed by atoms with van der Waals surface area (Å²) in [5.41, 5.74) is 0.484. The van der Waals surface area contributed by atoms with Gasteiger partial charge in [0.25, 0.3) is 0 Å². The summed E-state index contributed by atoms with van der Waals surface area (Å²) in [5, 5.41) is 5.73. The number of ether oxygens (including phenoxy) is 5. The minimum atomic E-state index is -0.489. The molecule has 0 spiro atoms. The quantitative estimate of drug-likeness (QED) is 0.250. The summed E-state index contributed by atoms with van der Waals surface area (Å²) in [6.45, 7) is 10.3. The highest BCUT2D eigenvalue weighted by molar-refractivity contribution is 5.71. The Bertz CT molecular complexity index is 635. The lowest BCUT2D eigenvalue weighted by Gasteiger charge is -2.19. The maximum absolute atomic E-state index is 11.7. The molecule has 1 aromatic rings. The highest BCUT2D eigenvalue weighted by Crippen LogP contribution is 2.06. The van der Waals surface area contributed by atoms with Gasteiger partial charge in [0, 0.05) is 19.8 Å². The van der Waals surface area contributed by atoms with Crippen LogP contribution in [-0.2, 0) is 35.1 Å². The van der Waals surface area contributed by atoms with E-state index in [1.54, 1.807) is 0 Å². The molecule has 0 saturated carbocycles. The van der Waals surface area contributed by atoms with Crippen molar-refractivity contribution in [3.63, 3.8) is 0 Å². The summed E-state index contributed by atoms with van der Waals surface area (Å²) < 4.78 is 26.7. The van der Waals surface area contributed by atoms with Crippen molar-refractivity contribution in [3.8, 4) is 0 Å². The van der Waals surface area contributed by atoms with E-state index in [9.17, 15) is 9.59 Å². The van der Waals surface area contributed by atoms with Gasteiger partial charge in [-0.3, -0.25) is 4.79 Å². The summed E-state index contributed by atoms with van der Waals surface area (Å²) in [4.78, 5) is 23.1. The van der Waals surface area contributed by atoms with E-state index in [4.69, 9.17) is 23.7 Å². The average molecular weight is 469 g/mol. The van der Waals surface area contributed by atoms with Gasteiger partial charge in [0.15, 0.2) is 0 Å². The van der Waals surface area contributed by atoms with Gasteiger partial charge in [-0.2, -0.15) is 0 Å². The number of rotatable bonds is 18. The zero-order chi connectivity index (χ0) is 24.2. The van der Waals surface area contributed by atoms with Gasteiger partial charge < -0.3 is 34.3 Å². The van der Waals surface area contributed by atoms with Crippen LogP contribution in [0.25, 0.3) is 0 Å². The molecule has 0 aliphatic carbocycles. The van der Waals surface area contributed by atoms with Crippen LogP contribution < -0.4 is 10.6 Å². The number of alkyl carbamates (subject to hydrolysis) is 1. The number of esters is 1. The molecule has 0 atom stereocenters. The third-order valence-electron chi connectivity index (χ3n) is 4.03. The minimum absolute atomic E-state index is 0.188. The fraction of sp³-hybridized carbons (Fsp3) is 0.667. The lowest BCUT2D eigenvalue weighted by molar-refractivity contribution is -0.143. The molecule has 188 valence electrons. The predicted molar refractivity (Wildman–Crippen MR) is 125 cm³/mol. The first-order valence-corrected chi connectivity index (χ1v) is 11.5. The Balaban J connectivity index is 1.77. The predicted octanol–water partition coefficient (Wildman–Crippen LogP) is 2.67. The molecular formula is C24H40N2O7. The Kier molecular flexibility index (Phi) is 15.9. The lowest BCUT2D eigenvalue weighted by atomic mass is 10.2.